The van der Waals surface area contributed by atoms with Crippen molar-refractivity contribution in [2.24, 2.45) is 0 Å². The molecule has 0 radical (unpaired) electrons. The molecule has 1 heterocycles. The predicted molar refractivity (Wildman–Crippen MR) is 94.7 cm³/mol. The van der Waals surface area contributed by atoms with Gasteiger partial charge in [-0.1, -0.05) is 12.1 Å². The second-order valence-electron chi connectivity index (χ2n) is 5.62. The van der Waals surface area contributed by atoms with Crippen molar-refractivity contribution in [3.8, 4) is 5.75 Å². The summed E-state index contributed by atoms with van der Waals surface area (Å²) >= 11 is 3.26. The molecule has 1 unspecified atom stereocenters. The van der Waals surface area contributed by atoms with Gasteiger partial charge in [-0.2, -0.15) is 0 Å². The second kappa shape index (κ2) is 8.50. The molecule has 5 nitrogen and oxygen atoms in total. The molecule has 9 heteroatoms. The maximum atomic E-state index is 12.2. The second-order valence-corrected chi connectivity index (χ2v) is 6.53. The Labute approximate surface area is 157 Å². The fourth-order valence-electron chi connectivity index (χ4n) is 2.20. The number of pyridine rings is 1. The molecule has 0 aliphatic carbocycles. The van der Waals surface area contributed by atoms with Crippen LogP contribution in [0, 0.1) is 0 Å². The van der Waals surface area contributed by atoms with Gasteiger partial charge in [-0.15, -0.1) is 13.2 Å². The quantitative estimate of drug-likeness (QED) is 0.737. The first kappa shape index (κ1) is 20.2. The van der Waals surface area contributed by atoms with Crippen molar-refractivity contribution in [3.63, 3.8) is 0 Å². The highest BCUT2D eigenvalue weighted by Crippen LogP contribution is 2.26. The lowest BCUT2D eigenvalue weighted by Gasteiger charge is -2.24. The molecule has 1 aromatic carbocycles. The third kappa shape index (κ3) is 6.30. The standard InChI is InChI=1S/C17H17BrF3N3O2/c1-11(12-3-6-14(7-4-12)26-17(19,20)21)24(2)10-16(25)23-15-8-5-13(18)9-22-15/h3-9,11H,10H2,1-2H3,(H,22,23,25). The molecule has 1 amide bonds. The van der Waals surface area contributed by atoms with Gasteiger partial charge in [0.15, 0.2) is 0 Å². The lowest BCUT2D eigenvalue weighted by atomic mass is 10.1. The van der Waals surface area contributed by atoms with Crippen molar-refractivity contribution in [1.29, 1.82) is 0 Å². The monoisotopic (exact) mass is 431 g/mol. The molecule has 0 fully saturated rings. The van der Waals surface area contributed by atoms with Gasteiger partial charge in [0.2, 0.25) is 5.91 Å². The molecule has 140 valence electrons. The minimum atomic E-state index is -4.72. The normalized spacial score (nSPS) is 12.7. The zero-order valence-electron chi connectivity index (χ0n) is 14.0. The molecule has 0 spiro atoms. The van der Waals surface area contributed by atoms with Crippen LogP contribution >= 0.6 is 15.9 Å². The van der Waals surface area contributed by atoms with Crippen molar-refractivity contribution in [3.05, 3.63) is 52.6 Å². The summed E-state index contributed by atoms with van der Waals surface area (Å²) in [6.07, 6.45) is -3.14. The summed E-state index contributed by atoms with van der Waals surface area (Å²) in [6.45, 7) is 1.95. The van der Waals surface area contributed by atoms with E-state index in [1.807, 2.05) is 6.92 Å². The zero-order valence-corrected chi connectivity index (χ0v) is 15.6. The third-order valence-corrected chi connectivity index (χ3v) is 4.11. The number of alkyl halides is 3. The van der Waals surface area contributed by atoms with Gasteiger partial charge in [0.1, 0.15) is 11.6 Å². The minimum Gasteiger partial charge on any atom is -0.406 e. The van der Waals surface area contributed by atoms with E-state index in [2.05, 4.69) is 31.0 Å². The molecular formula is C17H17BrF3N3O2. The number of hydrogen-bond acceptors (Lipinski definition) is 4. The van der Waals surface area contributed by atoms with Gasteiger partial charge in [-0.25, -0.2) is 4.98 Å². The lowest BCUT2D eigenvalue weighted by molar-refractivity contribution is -0.274. The highest BCUT2D eigenvalue weighted by Gasteiger charge is 2.31. The fraction of sp³-hybridized carbons (Fsp3) is 0.294. The maximum Gasteiger partial charge on any atom is 0.573 e. The van der Waals surface area contributed by atoms with E-state index in [0.29, 0.717) is 5.82 Å². The van der Waals surface area contributed by atoms with Crippen LogP contribution in [0.5, 0.6) is 5.75 Å². The largest absolute Gasteiger partial charge is 0.573 e. The van der Waals surface area contributed by atoms with Crippen molar-refractivity contribution in [2.45, 2.75) is 19.3 Å². The number of nitrogens with one attached hydrogen (secondary N) is 1. The van der Waals surface area contributed by atoms with E-state index in [9.17, 15) is 18.0 Å². The van der Waals surface area contributed by atoms with E-state index >= 15 is 0 Å². The van der Waals surface area contributed by atoms with Gasteiger partial charge in [-0.05, 0) is 59.7 Å². The average Bonchev–Trinajstić information content (AvgIpc) is 2.55. The number of benzene rings is 1. The minimum absolute atomic E-state index is 0.0969. The number of nitrogens with zero attached hydrogens (tertiary/aromatic N) is 2. The molecular weight excluding hydrogens is 415 g/mol. The number of rotatable bonds is 6. The molecule has 2 rings (SSSR count). The van der Waals surface area contributed by atoms with Crippen LogP contribution in [0.25, 0.3) is 0 Å². The van der Waals surface area contributed by atoms with Crippen LogP contribution in [0.2, 0.25) is 0 Å². The van der Waals surface area contributed by atoms with E-state index in [1.165, 1.54) is 24.3 Å². The Balaban J connectivity index is 1.92. The Morgan fingerprint density at radius 1 is 1.27 bits per heavy atom. The summed E-state index contributed by atoms with van der Waals surface area (Å²) in [5, 5.41) is 2.68. The number of carbonyl (C=O) groups excluding carboxylic acids is 1. The van der Waals surface area contributed by atoms with E-state index in [4.69, 9.17) is 0 Å². The number of halogens is 4. The van der Waals surface area contributed by atoms with Crippen LogP contribution < -0.4 is 10.1 Å². The van der Waals surface area contributed by atoms with E-state index in [0.717, 1.165) is 10.0 Å². The number of anilines is 1. The summed E-state index contributed by atoms with van der Waals surface area (Å²) in [4.78, 5) is 17.9. The average molecular weight is 432 g/mol. The van der Waals surface area contributed by atoms with Crippen LogP contribution in [-0.4, -0.2) is 35.7 Å². The van der Waals surface area contributed by atoms with E-state index in [-0.39, 0.29) is 24.2 Å². The topological polar surface area (TPSA) is 54.5 Å². The van der Waals surface area contributed by atoms with Crippen LogP contribution in [-0.2, 0) is 4.79 Å². The number of likely N-dealkylation sites (N-methyl/N-ethyl adjacent to an activating group) is 1. The zero-order chi connectivity index (χ0) is 19.3. The number of amides is 1. The van der Waals surface area contributed by atoms with Crippen molar-refractivity contribution in [2.75, 3.05) is 18.9 Å². The summed E-state index contributed by atoms with van der Waals surface area (Å²) < 4.78 is 41.2. The molecule has 1 N–H and O–H groups in total. The Morgan fingerprint density at radius 2 is 1.92 bits per heavy atom. The number of aromatic nitrogens is 1. The van der Waals surface area contributed by atoms with Gasteiger partial charge < -0.3 is 10.1 Å². The first-order valence-corrected chi connectivity index (χ1v) is 8.41. The maximum absolute atomic E-state index is 12.2. The predicted octanol–water partition coefficient (Wildman–Crippen LogP) is 4.37. The number of hydrogen-bond donors (Lipinski definition) is 1. The molecule has 0 aliphatic rings. The Morgan fingerprint density at radius 3 is 2.46 bits per heavy atom. The van der Waals surface area contributed by atoms with E-state index in [1.54, 1.807) is 30.3 Å². The Bertz CT molecular complexity index is 736. The van der Waals surface area contributed by atoms with Crippen LogP contribution in [0.15, 0.2) is 47.1 Å². The van der Waals surface area contributed by atoms with Crippen LogP contribution in [0.4, 0.5) is 19.0 Å². The SMILES string of the molecule is CC(c1ccc(OC(F)(F)F)cc1)N(C)CC(=O)Nc1ccc(Br)cn1. The highest BCUT2D eigenvalue weighted by atomic mass is 79.9. The first-order valence-electron chi connectivity index (χ1n) is 7.61. The molecule has 0 bridgehead atoms. The summed E-state index contributed by atoms with van der Waals surface area (Å²) in [7, 11) is 1.75. The molecule has 26 heavy (non-hydrogen) atoms. The third-order valence-electron chi connectivity index (χ3n) is 3.65. The lowest BCUT2D eigenvalue weighted by Crippen LogP contribution is -2.32. The fourth-order valence-corrected chi connectivity index (χ4v) is 2.43. The molecule has 0 aliphatic heterocycles. The first-order chi connectivity index (χ1) is 12.1. The number of ether oxygens (including phenoxy) is 1. The summed E-state index contributed by atoms with van der Waals surface area (Å²) in [6, 6.07) is 8.83. The van der Waals surface area contributed by atoms with Gasteiger partial charge in [0.25, 0.3) is 0 Å². The summed E-state index contributed by atoms with van der Waals surface area (Å²) in [5.74, 6) is -0.0886. The van der Waals surface area contributed by atoms with Gasteiger partial charge in [0, 0.05) is 16.7 Å². The smallest absolute Gasteiger partial charge is 0.406 e. The van der Waals surface area contributed by atoms with Crippen LogP contribution in [0.1, 0.15) is 18.5 Å². The van der Waals surface area contributed by atoms with Gasteiger partial charge >= 0.3 is 6.36 Å². The number of carbonyl (C=O) groups is 1. The van der Waals surface area contributed by atoms with Crippen molar-refractivity contribution < 1.29 is 22.7 Å². The Kier molecular flexibility index (Phi) is 6.60. The molecule has 2 aromatic rings. The molecule has 1 atom stereocenters. The highest BCUT2D eigenvalue weighted by molar-refractivity contribution is 9.10. The molecule has 0 saturated heterocycles. The van der Waals surface area contributed by atoms with Crippen molar-refractivity contribution >= 4 is 27.7 Å². The van der Waals surface area contributed by atoms with Gasteiger partial charge in [-0.3, -0.25) is 9.69 Å². The summed E-state index contributed by atoms with van der Waals surface area (Å²) in [5.41, 5.74) is 0.761. The Hall–Kier alpha value is -2.13. The van der Waals surface area contributed by atoms with Crippen molar-refractivity contribution in [1.82, 2.24) is 9.88 Å². The molecule has 0 saturated carbocycles. The molecule has 1 aromatic heterocycles. The van der Waals surface area contributed by atoms with Gasteiger partial charge in [0.05, 0.1) is 6.54 Å². The van der Waals surface area contributed by atoms with E-state index < -0.39 is 6.36 Å². The van der Waals surface area contributed by atoms with Crippen LogP contribution in [0.3, 0.4) is 0 Å².